The number of aromatic nitrogens is 5. The number of ether oxygens (including phenoxy) is 1. The molecule has 1 aliphatic heterocycles. The number of para-hydroxylation sites is 1. The zero-order valence-corrected chi connectivity index (χ0v) is 24.0. The molecule has 0 spiro atoms. The first-order chi connectivity index (χ1) is 20.5. The molecule has 3 aromatic carbocycles. The number of nitrogens with zero attached hydrogens (tertiary/aromatic N) is 5. The van der Waals surface area contributed by atoms with Gasteiger partial charge in [-0.25, -0.2) is 9.67 Å². The van der Waals surface area contributed by atoms with Crippen molar-refractivity contribution < 1.29 is 9.53 Å². The van der Waals surface area contributed by atoms with Gasteiger partial charge in [-0.1, -0.05) is 54.6 Å². The summed E-state index contributed by atoms with van der Waals surface area (Å²) in [6.07, 6.45) is 3.44. The van der Waals surface area contributed by atoms with E-state index in [1.165, 1.54) is 11.1 Å². The summed E-state index contributed by atoms with van der Waals surface area (Å²) in [4.78, 5) is 20.1. The Labute approximate surface area is 244 Å². The number of fused-ring (bicyclic) bond motifs is 2. The van der Waals surface area contributed by atoms with Crippen molar-refractivity contribution in [2.75, 3.05) is 20.7 Å². The summed E-state index contributed by atoms with van der Waals surface area (Å²) in [5, 5.41) is 16.9. The van der Waals surface area contributed by atoms with Crippen LogP contribution in [0.3, 0.4) is 0 Å². The van der Waals surface area contributed by atoms with Crippen LogP contribution in [0.1, 0.15) is 70.6 Å². The number of carbonyl (C=O) groups is 1. The highest BCUT2D eigenvalue weighted by atomic mass is 16.5. The summed E-state index contributed by atoms with van der Waals surface area (Å²) in [5.41, 5.74) is 5.94. The molecule has 42 heavy (non-hydrogen) atoms. The number of hydrogen-bond donors (Lipinski definition) is 2. The first-order valence-corrected chi connectivity index (χ1v) is 14.7. The first-order valence-electron chi connectivity index (χ1n) is 14.7. The van der Waals surface area contributed by atoms with E-state index < -0.39 is 0 Å². The first kappa shape index (κ1) is 26.6. The van der Waals surface area contributed by atoms with Gasteiger partial charge in [0.25, 0.3) is 5.91 Å². The third-order valence-electron chi connectivity index (χ3n) is 8.35. The average molecular weight is 562 g/mol. The van der Waals surface area contributed by atoms with Gasteiger partial charge in [-0.15, -0.1) is 0 Å². The Hall–Kier alpha value is -4.34. The van der Waals surface area contributed by atoms with E-state index in [9.17, 15) is 4.79 Å². The number of aromatic amines is 1. The highest BCUT2D eigenvalue weighted by molar-refractivity contribution is 5.98. The third kappa shape index (κ3) is 5.10. The maximum atomic E-state index is 13.3. The van der Waals surface area contributed by atoms with Gasteiger partial charge in [0.2, 0.25) is 0 Å². The van der Waals surface area contributed by atoms with Crippen molar-refractivity contribution in [1.82, 2.24) is 35.2 Å². The van der Waals surface area contributed by atoms with E-state index in [4.69, 9.17) is 9.84 Å². The highest BCUT2D eigenvalue weighted by Gasteiger charge is 2.29. The predicted molar refractivity (Wildman–Crippen MR) is 161 cm³/mol. The highest BCUT2D eigenvalue weighted by Crippen LogP contribution is 2.36. The Balaban J connectivity index is 1.10. The smallest absolute Gasteiger partial charge is 0.251 e. The number of nitrogens with one attached hydrogen (secondary N) is 2. The van der Waals surface area contributed by atoms with Crippen molar-refractivity contribution >= 4 is 16.8 Å². The van der Waals surface area contributed by atoms with Crippen LogP contribution in [-0.2, 0) is 17.7 Å². The summed E-state index contributed by atoms with van der Waals surface area (Å²) in [6.45, 7) is 1.26. The molecule has 214 valence electrons. The van der Waals surface area contributed by atoms with Gasteiger partial charge in [-0.2, -0.15) is 10.2 Å². The Morgan fingerprint density at radius 3 is 2.76 bits per heavy atom. The second-order valence-electron chi connectivity index (χ2n) is 11.6. The minimum atomic E-state index is -0.186. The van der Waals surface area contributed by atoms with Gasteiger partial charge in [-0.05, 0) is 69.1 Å². The lowest BCUT2D eigenvalue weighted by Gasteiger charge is -2.28. The summed E-state index contributed by atoms with van der Waals surface area (Å²) in [7, 11) is 4.03. The van der Waals surface area contributed by atoms with Crippen LogP contribution in [0.4, 0.5) is 0 Å². The number of rotatable bonds is 7. The predicted octanol–water partition coefficient (Wildman–Crippen LogP) is 5.39. The minimum absolute atomic E-state index is 0.0425. The van der Waals surface area contributed by atoms with Crippen LogP contribution in [0.15, 0.2) is 72.8 Å². The van der Waals surface area contributed by atoms with Crippen LogP contribution in [-0.4, -0.2) is 56.5 Å². The molecule has 3 atom stereocenters. The summed E-state index contributed by atoms with van der Waals surface area (Å²) in [5.74, 6) is 1.76. The van der Waals surface area contributed by atoms with Gasteiger partial charge >= 0.3 is 0 Å². The molecule has 1 amide bonds. The molecule has 2 N–H and O–H groups in total. The van der Waals surface area contributed by atoms with Crippen molar-refractivity contribution in [3.8, 4) is 11.3 Å². The van der Waals surface area contributed by atoms with E-state index >= 15 is 0 Å². The molecule has 1 saturated heterocycles. The molecular weight excluding hydrogens is 526 g/mol. The van der Waals surface area contributed by atoms with Gasteiger partial charge in [0.15, 0.2) is 12.1 Å². The van der Waals surface area contributed by atoms with E-state index in [0.29, 0.717) is 12.2 Å². The second kappa shape index (κ2) is 11.2. The number of aryl methyl sites for hydroxylation is 1. The van der Waals surface area contributed by atoms with Crippen molar-refractivity contribution in [2.24, 2.45) is 0 Å². The maximum Gasteiger partial charge on any atom is 0.251 e. The van der Waals surface area contributed by atoms with Crippen LogP contribution in [0.5, 0.6) is 0 Å². The topological polar surface area (TPSA) is 101 Å². The standard InChI is InChI=1S/C33H35N7O2/c1-39(2)19-29-35-32(37-36-29)24-15-17-30(42-20-24)40-28-13-6-5-12-26(28)31(38-40)22-9-7-10-23(18-22)33(41)34-27-16-14-21-8-3-4-11-25(21)27/h3-13,18,24,27,30H,14-17,19-20H2,1-2H3,(H,34,41)(H,35,36,37)/t24?,27-,30?/m1/s1. The van der Waals surface area contributed by atoms with Crippen molar-refractivity contribution in [3.63, 3.8) is 0 Å². The molecule has 0 bridgehead atoms. The molecule has 9 nitrogen and oxygen atoms in total. The fourth-order valence-electron chi connectivity index (χ4n) is 6.28. The molecule has 7 rings (SSSR count). The van der Waals surface area contributed by atoms with E-state index in [-0.39, 0.29) is 24.1 Å². The van der Waals surface area contributed by atoms with Crippen molar-refractivity contribution in [3.05, 3.63) is 101 Å². The van der Waals surface area contributed by atoms with Crippen LogP contribution in [0.25, 0.3) is 22.2 Å². The summed E-state index contributed by atoms with van der Waals surface area (Å²) < 4.78 is 8.37. The molecule has 0 radical (unpaired) electrons. The van der Waals surface area contributed by atoms with Crippen molar-refractivity contribution in [1.29, 1.82) is 0 Å². The molecule has 1 fully saturated rings. The van der Waals surface area contributed by atoms with Crippen LogP contribution < -0.4 is 5.32 Å². The lowest BCUT2D eigenvalue weighted by Crippen LogP contribution is -2.27. The molecule has 2 aliphatic rings. The zero-order chi connectivity index (χ0) is 28.6. The molecule has 1 aliphatic carbocycles. The lowest BCUT2D eigenvalue weighted by atomic mass is 10.0. The van der Waals surface area contributed by atoms with E-state index in [1.807, 2.05) is 61.2 Å². The molecule has 9 heteroatoms. The number of hydrogen-bond acceptors (Lipinski definition) is 6. The molecule has 2 aromatic heterocycles. The fraction of sp³-hybridized carbons (Fsp3) is 0.333. The van der Waals surface area contributed by atoms with Crippen LogP contribution in [0.2, 0.25) is 0 Å². The van der Waals surface area contributed by atoms with Gasteiger partial charge in [-0.3, -0.25) is 9.89 Å². The lowest BCUT2D eigenvalue weighted by molar-refractivity contribution is -0.0478. The SMILES string of the molecule is CN(C)Cc1nc(C2CCC(n3nc(-c4cccc(C(=O)N[C@@H]5CCc6ccccc65)c4)c4ccccc43)OC2)n[nH]1. The Morgan fingerprint density at radius 2 is 1.90 bits per heavy atom. The fourth-order valence-corrected chi connectivity index (χ4v) is 6.28. The van der Waals surface area contributed by atoms with Gasteiger partial charge < -0.3 is 15.0 Å². The normalized spacial score (nSPS) is 20.2. The number of carbonyl (C=O) groups excluding carboxylic acids is 1. The molecule has 3 heterocycles. The number of H-pyrrole nitrogens is 1. The molecular formula is C33H35N7O2. The zero-order valence-electron chi connectivity index (χ0n) is 24.0. The van der Waals surface area contributed by atoms with Crippen LogP contribution in [0, 0.1) is 0 Å². The maximum absolute atomic E-state index is 13.3. The second-order valence-corrected chi connectivity index (χ2v) is 11.6. The Morgan fingerprint density at radius 1 is 1.05 bits per heavy atom. The summed E-state index contributed by atoms with van der Waals surface area (Å²) >= 11 is 0. The summed E-state index contributed by atoms with van der Waals surface area (Å²) in [6, 6.07) is 24.4. The third-order valence-corrected chi connectivity index (χ3v) is 8.35. The van der Waals surface area contributed by atoms with E-state index in [1.54, 1.807) is 0 Å². The van der Waals surface area contributed by atoms with Gasteiger partial charge in [0, 0.05) is 22.4 Å². The van der Waals surface area contributed by atoms with E-state index in [0.717, 1.165) is 66.0 Å². The molecule has 5 aromatic rings. The van der Waals surface area contributed by atoms with Gasteiger partial charge in [0.1, 0.15) is 11.5 Å². The van der Waals surface area contributed by atoms with E-state index in [2.05, 4.69) is 55.7 Å². The number of benzene rings is 3. The Bertz CT molecular complexity index is 1730. The quantitative estimate of drug-likeness (QED) is 0.276. The minimum Gasteiger partial charge on any atom is -0.356 e. The molecule has 2 unspecified atom stereocenters. The Kier molecular flexibility index (Phi) is 7.05. The number of amides is 1. The van der Waals surface area contributed by atoms with Crippen molar-refractivity contribution in [2.45, 2.75) is 50.4 Å². The monoisotopic (exact) mass is 561 g/mol. The van der Waals surface area contributed by atoms with Gasteiger partial charge in [0.05, 0.1) is 24.7 Å². The largest absolute Gasteiger partial charge is 0.356 e. The average Bonchev–Trinajstić information content (AvgIpc) is 3.75. The molecule has 0 saturated carbocycles. The van der Waals surface area contributed by atoms with Crippen LogP contribution >= 0.6 is 0 Å².